The zero-order valence-electron chi connectivity index (χ0n) is 11.1. The molecular weight excluding hydrogens is 320 g/mol. The fourth-order valence-electron chi connectivity index (χ4n) is 2.38. The van der Waals surface area contributed by atoms with Crippen LogP contribution in [0.5, 0.6) is 0 Å². The van der Waals surface area contributed by atoms with Crippen molar-refractivity contribution in [2.75, 3.05) is 18.0 Å². The Kier molecular flexibility index (Phi) is 3.48. The van der Waals surface area contributed by atoms with Crippen LogP contribution in [0.3, 0.4) is 0 Å². The molecule has 20 heavy (non-hydrogen) atoms. The molecule has 0 saturated heterocycles. The first-order valence-electron chi connectivity index (χ1n) is 6.46. The Labute approximate surface area is 125 Å². The monoisotopic (exact) mass is 334 g/mol. The molecule has 0 fully saturated rings. The van der Waals surface area contributed by atoms with Gasteiger partial charge in [-0.15, -0.1) is 0 Å². The maximum Gasteiger partial charge on any atom is 0.253 e. The number of nitrogens with zero attached hydrogens (tertiary/aromatic N) is 2. The Morgan fingerprint density at radius 1 is 1.45 bits per heavy atom. The van der Waals surface area contributed by atoms with E-state index in [-0.39, 0.29) is 5.91 Å². The first-order valence-corrected chi connectivity index (χ1v) is 7.26. The molecule has 0 unspecified atom stereocenters. The number of rotatable bonds is 2. The molecule has 2 N–H and O–H groups in total. The summed E-state index contributed by atoms with van der Waals surface area (Å²) in [6, 6.07) is 5.75. The van der Waals surface area contributed by atoms with E-state index in [1.54, 1.807) is 0 Å². The standard InChI is InChI=1S/C14H15BrN4O/c1-9-10(7-17-18-9)8-19-5-4-16-14(20)12-3-2-11(15)6-13(12)19/h2-3,6-7H,4-5,8H2,1H3,(H,16,20)(H,17,18). The normalized spacial score (nSPS) is 14.7. The van der Waals surface area contributed by atoms with E-state index in [9.17, 15) is 4.79 Å². The van der Waals surface area contributed by atoms with Crippen LogP contribution in [0.15, 0.2) is 28.9 Å². The molecule has 104 valence electrons. The van der Waals surface area contributed by atoms with Gasteiger partial charge in [-0.2, -0.15) is 5.10 Å². The lowest BCUT2D eigenvalue weighted by molar-refractivity contribution is 0.0958. The molecule has 1 aliphatic heterocycles. The quantitative estimate of drug-likeness (QED) is 0.885. The SMILES string of the molecule is Cc1[nH]ncc1CN1CCNC(=O)c2ccc(Br)cc21. The molecule has 0 atom stereocenters. The number of halogens is 1. The van der Waals surface area contributed by atoms with Crippen molar-refractivity contribution in [2.45, 2.75) is 13.5 Å². The van der Waals surface area contributed by atoms with Crippen LogP contribution in [0.25, 0.3) is 0 Å². The largest absolute Gasteiger partial charge is 0.365 e. The summed E-state index contributed by atoms with van der Waals surface area (Å²) in [5.74, 6) is -0.0149. The number of fused-ring (bicyclic) bond motifs is 1. The van der Waals surface area contributed by atoms with Gasteiger partial charge in [-0.1, -0.05) is 15.9 Å². The fourth-order valence-corrected chi connectivity index (χ4v) is 2.73. The van der Waals surface area contributed by atoms with Crippen LogP contribution in [0.1, 0.15) is 21.6 Å². The molecule has 1 amide bonds. The third kappa shape index (κ3) is 2.43. The maximum atomic E-state index is 12.1. The van der Waals surface area contributed by atoms with Gasteiger partial charge in [0.15, 0.2) is 0 Å². The molecule has 0 radical (unpaired) electrons. The summed E-state index contributed by atoms with van der Waals surface area (Å²) in [6.45, 7) is 4.16. The highest BCUT2D eigenvalue weighted by Crippen LogP contribution is 2.28. The van der Waals surface area contributed by atoms with Gasteiger partial charge in [-0.3, -0.25) is 9.89 Å². The molecule has 6 heteroatoms. The van der Waals surface area contributed by atoms with Crippen molar-refractivity contribution in [3.05, 3.63) is 45.7 Å². The molecule has 0 bridgehead atoms. The minimum absolute atomic E-state index is 0.0149. The lowest BCUT2D eigenvalue weighted by Crippen LogP contribution is -2.29. The first-order chi connectivity index (χ1) is 9.65. The Balaban J connectivity index is 1.99. The maximum absolute atomic E-state index is 12.1. The summed E-state index contributed by atoms with van der Waals surface area (Å²) in [4.78, 5) is 14.3. The molecule has 1 aromatic heterocycles. The lowest BCUT2D eigenvalue weighted by atomic mass is 10.1. The summed E-state index contributed by atoms with van der Waals surface area (Å²) in [5, 5.41) is 9.93. The van der Waals surface area contributed by atoms with Gasteiger partial charge in [-0.25, -0.2) is 0 Å². The number of aryl methyl sites for hydroxylation is 1. The van der Waals surface area contributed by atoms with E-state index in [1.165, 1.54) is 0 Å². The highest BCUT2D eigenvalue weighted by atomic mass is 79.9. The van der Waals surface area contributed by atoms with Gasteiger partial charge in [0.2, 0.25) is 0 Å². The number of nitrogens with one attached hydrogen (secondary N) is 2. The van der Waals surface area contributed by atoms with Gasteiger partial charge in [0, 0.05) is 35.4 Å². The predicted molar refractivity (Wildman–Crippen MR) is 80.8 cm³/mol. The zero-order valence-corrected chi connectivity index (χ0v) is 12.7. The third-order valence-corrected chi connectivity index (χ3v) is 4.00. The van der Waals surface area contributed by atoms with E-state index >= 15 is 0 Å². The van der Waals surface area contributed by atoms with Crippen LogP contribution in [0.4, 0.5) is 5.69 Å². The van der Waals surface area contributed by atoms with Crippen molar-refractivity contribution in [2.24, 2.45) is 0 Å². The third-order valence-electron chi connectivity index (χ3n) is 3.51. The number of H-pyrrole nitrogens is 1. The van der Waals surface area contributed by atoms with Gasteiger partial charge < -0.3 is 10.2 Å². The van der Waals surface area contributed by atoms with Crippen LogP contribution in [-0.2, 0) is 6.54 Å². The summed E-state index contributed by atoms with van der Waals surface area (Å²) in [6.07, 6.45) is 1.84. The van der Waals surface area contributed by atoms with E-state index in [0.717, 1.165) is 34.5 Å². The molecule has 3 rings (SSSR count). The topological polar surface area (TPSA) is 61.0 Å². The van der Waals surface area contributed by atoms with Crippen LogP contribution in [-0.4, -0.2) is 29.2 Å². The van der Waals surface area contributed by atoms with Gasteiger partial charge in [0.25, 0.3) is 5.91 Å². The minimum Gasteiger partial charge on any atom is -0.365 e. The molecule has 2 aromatic rings. The number of hydrogen-bond acceptors (Lipinski definition) is 3. The Hall–Kier alpha value is -1.82. The van der Waals surface area contributed by atoms with Crippen LogP contribution in [0.2, 0.25) is 0 Å². The van der Waals surface area contributed by atoms with Crippen LogP contribution < -0.4 is 10.2 Å². The van der Waals surface area contributed by atoms with Crippen molar-refractivity contribution in [1.29, 1.82) is 0 Å². The second-order valence-corrected chi connectivity index (χ2v) is 5.77. The van der Waals surface area contributed by atoms with Gasteiger partial charge in [-0.05, 0) is 25.1 Å². The van der Waals surface area contributed by atoms with Crippen LogP contribution >= 0.6 is 15.9 Å². The fraction of sp³-hybridized carbons (Fsp3) is 0.286. The van der Waals surface area contributed by atoms with Gasteiger partial charge in [0.1, 0.15) is 0 Å². The molecule has 1 aliphatic rings. The van der Waals surface area contributed by atoms with Crippen molar-refractivity contribution in [3.63, 3.8) is 0 Å². The Bertz CT molecular complexity index is 652. The molecule has 2 heterocycles. The number of carbonyl (C=O) groups excluding carboxylic acids is 1. The summed E-state index contributed by atoms with van der Waals surface area (Å²) in [7, 11) is 0. The molecule has 5 nitrogen and oxygen atoms in total. The number of anilines is 1. The van der Waals surface area contributed by atoms with Gasteiger partial charge >= 0.3 is 0 Å². The summed E-state index contributed by atoms with van der Waals surface area (Å²) < 4.78 is 0.972. The average Bonchev–Trinajstić information content (AvgIpc) is 2.75. The highest BCUT2D eigenvalue weighted by Gasteiger charge is 2.21. The van der Waals surface area contributed by atoms with Crippen LogP contribution in [0, 0.1) is 6.92 Å². The second kappa shape index (κ2) is 5.28. The first kappa shape index (κ1) is 13.2. The predicted octanol–water partition coefficient (Wildman–Crippen LogP) is 2.23. The van der Waals surface area contributed by atoms with E-state index in [4.69, 9.17) is 0 Å². The lowest BCUT2D eigenvalue weighted by Gasteiger charge is -2.24. The summed E-state index contributed by atoms with van der Waals surface area (Å²) >= 11 is 3.48. The number of aromatic amines is 1. The second-order valence-electron chi connectivity index (χ2n) is 4.86. The molecule has 1 aromatic carbocycles. The molecule has 0 spiro atoms. The van der Waals surface area contributed by atoms with E-state index in [1.807, 2.05) is 31.3 Å². The van der Waals surface area contributed by atoms with Crippen molar-refractivity contribution < 1.29 is 4.79 Å². The number of carbonyl (C=O) groups is 1. The molecule has 0 saturated carbocycles. The minimum atomic E-state index is -0.0149. The average molecular weight is 335 g/mol. The number of hydrogen-bond donors (Lipinski definition) is 2. The zero-order chi connectivity index (χ0) is 14.1. The Morgan fingerprint density at radius 2 is 2.30 bits per heavy atom. The van der Waals surface area contributed by atoms with Crippen molar-refractivity contribution in [1.82, 2.24) is 15.5 Å². The number of benzene rings is 1. The van der Waals surface area contributed by atoms with Crippen molar-refractivity contribution in [3.8, 4) is 0 Å². The van der Waals surface area contributed by atoms with E-state index < -0.39 is 0 Å². The number of amides is 1. The van der Waals surface area contributed by atoms with Crippen molar-refractivity contribution >= 4 is 27.5 Å². The number of aromatic nitrogens is 2. The van der Waals surface area contributed by atoms with Gasteiger partial charge in [0.05, 0.1) is 17.4 Å². The summed E-state index contributed by atoms with van der Waals surface area (Å²) in [5.41, 5.74) is 3.87. The molecular formula is C14H15BrN4O. The Morgan fingerprint density at radius 3 is 3.05 bits per heavy atom. The van der Waals surface area contributed by atoms with E-state index in [2.05, 4.69) is 36.3 Å². The van der Waals surface area contributed by atoms with E-state index in [0.29, 0.717) is 12.1 Å². The molecule has 0 aliphatic carbocycles. The smallest absolute Gasteiger partial charge is 0.253 e. The highest BCUT2D eigenvalue weighted by molar-refractivity contribution is 9.10.